The first-order valence-corrected chi connectivity index (χ1v) is 13.2. The molecule has 4 heterocycles. The van der Waals surface area contributed by atoms with Crippen LogP contribution in [-0.4, -0.2) is 52.2 Å². The van der Waals surface area contributed by atoms with E-state index in [1.165, 1.54) is 6.92 Å². The summed E-state index contributed by atoms with van der Waals surface area (Å²) in [6.45, 7) is 1.39. The van der Waals surface area contributed by atoms with Gasteiger partial charge in [-0.25, -0.2) is 9.78 Å². The minimum absolute atomic E-state index is 0. The molecule has 228 valence electrons. The van der Waals surface area contributed by atoms with E-state index in [1.54, 1.807) is 18.2 Å². The molecule has 0 saturated carbocycles. The van der Waals surface area contributed by atoms with Gasteiger partial charge in [-0.05, 0) is 43.0 Å². The normalized spacial score (nSPS) is 16.5. The standard InChI is InChI=1S/C27H29F3N4O7.ClH/c1-16-22(41-26(37)40-16)14-39-23(35)11-18-9-17-3-4-21(10-19(17)12-34(24(18)36)15-27(28,29)30)38-8-5-20-13-33-7-2-6-31-25(33)32-20;/h3-4,10,13,18H,2,5-9,11-12,14-15H2,1H3,(H,31,32);1H/t18-;/m0./s1. The van der Waals surface area contributed by atoms with Crippen LogP contribution in [0.25, 0.3) is 0 Å². The Hall–Kier alpha value is -3.94. The molecular formula is C27H30ClF3N4O7. The topological polar surface area (TPSA) is 129 Å². The van der Waals surface area contributed by atoms with Crippen LogP contribution in [0.2, 0.25) is 0 Å². The Labute approximate surface area is 244 Å². The molecule has 0 spiro atoms. The number of ether oxygens (including phenoxy) is 2. The van der Waals surface area contributed by atoms with Crippen LogP contribution in [0.15, 0.2) is 38.0 Å². The van der Waals surface area contributed by atoms with Crippen molar-refractivity contribution in [3.05, 3.63) is 63.4 Å². The number of aryl methyl sites for hydroxylation is 2. The summed E-state index contributed by atoms with van der Waals surface area (Å²) in [5, 5.41) is 3.24. The first-order valence-electron chi connectivity index (χ1n) is 13.2. The lowest BCUT2D eigenvalue weighted by Crippen LogP contribution is -2.41. The minimum atomic E-state index is -4.63. The fourth-order valence-corrected chi connectivity index (χ4v) is 4.98. The van der Waals surface area contributed by atoms with Crippen molar-refractivity contribution in [3.8, 4) is 5.75 Å². The molecule has 11 nitrogen and oxygen atoms in total. The molecule has 3 aromatic rings. The zero-order chi connectivity index (χ0) is 29.1. The molecule has 1 amide bonds. The predicted molar refractivity (Wildman–Crippen MR) is 143 cm³/mol. The highest BCUT2D eigenvalue weighted by atomic mass is 35.5. The second-order valence-electron chi connectivity index (χ2n) is 10.1. The number of aromatic nitrogens is 2. The van der Waals surface area contributed by atoms with Crippen LogP contribution in [0.5, 0.6) is 5.75 Å². The van der Waals surface area contributed by atoms with E-state index in [1.807, 2.05) is 6.20 Å². The second kappa shape index (κ2) is 12.9. The largest absolute Gasteiger partial charge is 0.519 e. The molecule has 0 saturated heterocycles. The lowest BCUT2D eigenvalue weighted by molar-refractivity contribution is -0.166. The van der Waals surface area contributed by atoms with Gasteiger partial charge in [0.1, 0.15) is 12.3 Å². The van der Waals surface area contributed by atoms with Gasteiger partial charge in [0, 0.05) is 32.3 Å². The van der Waals surface area contributed by atoms with Crippen molar-refractivity contribution < 1.29 is 41.1 Å². The average Bonchev–Trinajstić information content (AvgIpc) is 3.44. The van der Waals surface area contributed by atoms with E-state index in [9.17, 15) is 27.6 Å². The number of esters is 1. The number of hydrogen-bond acceptors (Lipinski definition) is 9. The number of imidazole rings is 1. The Morgan fingerprint density at radius 3 is 2.74 bits per heavy atom. The van der Waals surface area contributed by atoms with Gasteiger partial charge in [-0.1, -0.05) is 6.07 Å². The number of amides is 1. The molecular weight excluding hydrogens is 585 g/mol. The molecule has 1 N–H and O–H groups in total. The van der Waals surface area contributed by atoms with Crippen LogP contribution < -0.4 is 15.9 Å². The molecule has 0 aliphatic carbocycles. The third-order valence-electron chi connectivity index (χ3n) is 6.96. The summed E-state index contributed by atoms with van der Waals surface area (Å²) < 4.78 is 62.7. The van der Waals surface area contributed by atoms with E-state index >= 15 is 0 Å². The van der Waals surface area contributed by atoms with E-state index in [4.69, 9.17) is 18.3 Å². The Balaban J connectivity index is 0.00000405. The number of fused-ring (bicyclic) bond motifs is 2. The number of benzene rings is 1. The number of carbonyl (C=O) groups excluding carboxylic acids is 2. The molecule has 0 unspecified atom stereocenters. The summed E-state index contributed by atoms with van der Waals surface area (Å²) in [5.41, 5.74) is 2.01. The third-order valence-corrected chi connectivity index (χ3v) is 6.96. The van der Waals surface area contributed by atoms with Gasteiger partial charge in [0.05, 0.1) is 24.6 Å². The third kappa shape index (κ3) is 7.66. The molecule has 2 aliphatic heterocycles. The number of nitrogens with zero attached hydrogens (tertiary/aromatic N) is 3. The predicted octanol–water partition coefficient (Wildman–Crippen LogP) is 3.79. The van der Waals surface area contributed by atoms with Crippen molar-refractivity contribution in [2.75, 3.05) is 25.0 Å². The van der Waals surface area contributed by atoms with Gasteiger partial charge in [0.2, 0.25) is 11.9 Å². The molecule has 0 radical (unpaired) electrons. The van der Waals surface area contributed by atoms with Crippen molar-refractivity contribution in [2.24, 2.45) is 5.92 Å². The Kier molecular flexibility index (Phi) is 9.54. The molecule has 0 fully saturated rings. The molecule has 42 heavy (non-hydrogen) atoms. The maximum atomic E-state index is 13.4. The number of halogens is 4. The van der Waals surface area contributed by atoms with Crippen LogP contribution in [0, 0.1) is 12.8 Å². The highest BCUT2D eigenvalue weighted by molar-refractivity contribution is 5.85. The van der Waals surface area contributed by atoms with Crippen LogP contribution in [0.1, 0.15) is 41.2 Å². The van der Waals surface area contributed by atoms with Crippen molar-refractivity contribution in [2.45, 2.75) is 58.5 Å². The lowest BCUT2D eigenvalue weighted by Gasteiger charge is -2.25. The Bertz CT molecular complexity index is 1460. The Morgan fingerprint density at radius 1 is 1.21 bits per heavy atom. The van der Waals surface area contributed by atoms with Gasteiger partial charge in [0.15, 0.2) is 18.1 Å². The number of hydrogen-bond donors (Lipinski definition) is 1. The second-order valence-corrected chi connectivity index (χ2v) is 10.1. The van der Waals surface area contributed by atoms with E-state index in [0.29, 0.717) is 34.8 Å². The van der Waals surface area contributed by atoms with Crippen LogP contribution >= 0.6 is 12.4 Å². The molecule has 1 atom stereocenters. The van der Waals surface area contributed by atoms with Crippen molar-refractivity contribution in [1.82, 2.24) is 14.5 Å². The summed E-state index contributed by atoms with van der Waals surface area (Å²) in [4.78, 5) is 42.1. The maximum Gasteiger partial charge on any atom is 0.519 e. The SMILES string of the molecule is Cc1oc(=O)oc1COC(=O)C[C@@H]1Cc2ccc(OCCc3cn4c(n3)NCCC4)cc2CN(CC(F)(F)F)C1=O.Cl. The summed E-state index contributed by atoms with van der Waals surface area (Å²) in [6.07, 6.45) is -1.49. The van der Waals surface area contributed by atoms with Crippen LogP contribution in [0.4, 0.5) is 19.1 Å². The summed E-state index contributed by atoms with van der Waals surface area (Å²) in [7, 11) is 0. The molecule has 5 rings (SSSR count). The zero-order valence-corrected chi connectivity index (χ0v) is 23.5. The summed E-state index contributed by atoms with van der Waals surface area (Å²) in [5.74, 6) is -2.22. The number of nitrogens with one attached hydrogen (secondary N) is 1. The Morgan fingerprint density at radius 2 is 2.02 bits per heavy atom. The van der Waals surface area contributed by atoms with E-state index in [2.05, 4.69) is 14.9 Å². The fourth-order valence-electron chi connectivity index (χ4n) is 4.98. The van der Waals surface area contributed by atoms with Crippen molar-refractivity contribution in [3.63, 3.8) is 0 Å². The quantitative estimate of drug-likeness (QED) is 0.358. The van der Waals surface area contributed by atoms with Gasteiger partial charge in [-0.3, -0.25) is 9.59 Å². The summed E-state index contributed by atoms with van der Waals surface area (Å²) >= 11 is 0. The number of carbonyl (C=O) groups is 2. The van der Waals surface area contributed by atoms with Gasteiger partial charge in [-0.2, -0.15) is 13.2 Å². The molecule has 2 aromatic heterocycles. The van der Waals surface area contributed by atoms with Gasteiger partial charge in [-0.15, -0.1) is 12.4 Å². The molecule has 15 heteroatoms. The van der Waals surface area contributed by atoms with Crippen molar-refractivity contribution in [1.29, 1.82) is 0 Å². The monoisotopic (exact) mass is 614 g/mol. The van der Waals surface area contributed by atoms with E-state index in [-0.39, 0.29) is 36.9 Å². The van der Waals surface area contributed by atoms with Crippen molar-refractivity contribution >= 4 is 30.2 Å². The minimum Gasteiger partial charge on any atom is -0.493 e. The maximum absolute atomic E-state index is 13.4. The number of anilines is 1. The fraction of sp³-hybridized carbons (Fsp3) is 0.481. The smallest absolute Gasteiger partial charge is 0.493 e. The van der Waals surface area contributed by atoms with Crippen LogP contribution in [0.3, 0.4) is 0 Å². The highest BCUT2D eigenvalue weighted by Gasteiger charge is 2.38. The lowest BCUT2D eigenvalue weighted by atomic mass is 9.94. The first kappa shape index (κ1) is 31.0. The van der Waals surface area contributed by atoms with Gasteiger partial charge in [0.25, 0.3) is 0 Å². The van der Waals surface area contributed by atoms with E-state index in [0.717, 1.165) is 31.2 Å². The molecule has 0 bridgehead atoms. The molecule has 2 aliphatic rings. The average molecular weight is 615 g/mol. The highest BCUT2D eigenvalue weighted by Crippen LogP contribution is 2.30. The van der Waals surface area contributed by atoms with Crippen LogP contribution in [-0.2, 0) is 46.9 Å². The molecule has 1 aromatic carbocycles. The zero-order valence-electron chi connectivity index (χ0n) is 22.7. The number of rotatable bonds is 9. The van der Waals surface area contributed by atoms with Gasteiger partial charge < -0.3 is 33.1 Å². The number of alkyl halides is 3. The van der Waals surface area contributed by atoms with Gasteiger partial charge >= 0.3 is 18.0 Å². The first-order chi connectivity index (χ1) is 19.5. The van der Waals surface area contributed by atoms with E-state index < -0.39 is 49.4 Å². The summed E-state index contributed by atoms with van der Waals surface area (Å²) in [6, 6.07) is 5.04.